The lowest BCUT2D eigenvalue weighted by atomic mass is 9.98. The zero-order valence-electron chi connectivity index (χ0n) is 13.6. The maximum atomic E-state index is 14.2. The molecule has 0 aliphatic carbocycles. The molecule has 0 amide bonds. The van der Waals surface area contributed by atoms with Gasteiger partial charge in [0.1, 0.15) is 11.4 Å². The summed E-state index contributed by atoms with van der Waals surface area (Å²) in [4.78, 5) is 23.1. The second-order valence-corrected chi connectivity index (χ2v) is 6.27. The molecule has 0 unspecified atom stereocenters. The van der Waals surface area contributed by atoms with E-state index in [0.29, 0.717) is 5.56 Å². The summed E-state index contributed by atoms with van der Waals surface area (Å²) in [6, 6.07) is 8.13. The van der Waals surface area contributed by atoms with Crippen molar-refractivity contribution in [2.45, 2.75) is 26.4 Å². The molecule has 24 heavy (non-hydrogen) atoms. The Morgan fingerprint density at radius 1 is 1.12 bits per heavy atom. The molecule has 0 radical (unpaired) electrons. The quantitative estimate of drug-likeness (QED) is 0.661. The minimum Gasteiger partial charge on any atom is -0.478 e. The van der Waals surface area contributed by atoms with Gasteiger partial charge in [-0.05, 0) is 39.0 Å². The minimum atomic E-state index is -1.23. The first-order valence-electron chi connectivity index (χ1n) is 7.25. The van der Waals surface area contributed by atoms with Gasteiger partial charge >= 0.3 is 11.9 Å². The van der Waals surface area contributed by atoms with Gasteiger partial charge < -0.3 is 15.6 Å². The lowest BCUT2D eigenvalue weighted by molar-refractivity contribution is 0.00706. The summed E-state index contributed by atoms with van der Waals surface area (Å²) in [5.74, 6) is -2.57. The van der Waals surface area contributed by atoms with Gasteiger partial charge in [0.2, 0.25) is 0 Å². The van der Waals surface area contributed by atoms with Gasteiger partial charge in [-0.1, -0.05) is 18.2 Å². The van der Waals surface area contributed by atoms with Crippen LogP contribution in [0.15, 0.2) is 36.4 Å². The maximum Gasteiger partial charge on any atom is 0.340 e. The van der Waals surface area contributed by atoms with Crippen molar-refractivity contribution in [3.63, 3.8) is 0 Å². The van der Waals surface area contributed by atoms with Crippen molar-refractivity contribution in [1.29, 1.82) is 0 Å². The highest BCUT2D eigenvalue weighted by molar-refractivity contribution is 5.99. The monoisotopic (exact) mass is 331 g/mol. The molecular formula is C18H18FNO4. The summed E-state index contributed by atoms with van der Waals surface area (Å²) in [6.07, 6.45) is 0. The van der Waals surface area contributed by atoms with Crippen LogP contribution < -0.4 is 5.73 Å². The number of anilines is 1. The molecule has 0 fully saturated rings. The highest BCUT2D eigenvalue weighted by Gasteiger charge is 2.22. The molecule has 0 heterocycles. The van der Waals surface area contributed by atoms with Gasteiger partial charge in [-0.3, -0.25) is 0 Å². The number of carboxylic acid groups (broad SMARTS) is 1. The number of halogens is 1. The number of carbonyl (C=O) groups excluding carboxylic acids is 1. The normalized spacial score (nSPS) is 11.2. The predicted octanol–water partition coefficient (Wildman–Crippen LogP) is 3.73. The van der Waals surface area contributed by atoms with Crippen LogP contribution in [0.5, 0.6) is 0 Å². The number of ether oxygens (including phenoxy) is 1. The Morgan fingerprint density at radius 2 is 1.79 bits per heavy atom. The van der Waals surface area contributed by atoms with E-state index in [4.69, 9.17) is 15.6 Å². The predicted molar refractivity (Wildman–Crippen MR) is 88.4 cm³/mol. The van der Waals surface area contributed by atoms with Crippen molar-refractivity contribution in [3.8, 4) is 11.1 Å². The molecule has 0 saturated heterocycles. The number of hydrogen-bond acceptors (Lipinski definition) is 4. The van der Waals surface area contributed by atoms with Crippen LogP contribution in [0, 0.1) is 5.82 Å². The van der Waals surface area contributed by atoms with Crippen molar-refractivity contribution < 1.29 is 23.8 Å². The van der Waals surface area contributed by atoms with E-state index in [9.17, 15) is 14.0 Å². The SMILES string of the molecule is CC(C)(C)OC(=O)c1cccc(-c2ccc(C(=O)O)cc2F)c1N. The van der Waals surface area contributed by atoms with E-state index in [-0.39, 0.29) is 22.4 Å². The van der Waals surface area contributed by atoms with Crippen LogP contribution in [0.25, 0.3) is 11.1 Å². The first-order chi connectivity index (χ1) is 11.1. The van der Waals surface area contributed by atoms with Crippen molar-refractivity contribution in [1.82, 2.24) is 0 Å². The van der Waals surface area contributed by atoms with Crippen LogP contribution in [-0.4, -0.2) is 22.6 Å². The Hall–Kier alpha value is -2.89. The number of nitrogen functional groups attached to an aromatic ring is 1. The minimum absolute atomic E-state index is 0.0775. The molecule has 2 rings (SSSR count). The van der Waals surface area contributed by atoms with Gasteiger partial charge in [0, 0.05) is 11.1 Å². The van der Waals surface area contributed by atoms with Gasteiger partial charge in [0.25, 0.3) is 0 Å². The van der Waals surface area contributed by atoms with Crippen LogP contribution in [0.4, 0.5) is 10.1 Å². The third-order valence-electron chi connectivity index (χ3n) is 3.23. The van der Waals surface area contributed by atoms with Crippen LogP contribution in [0.3, 0.4) is 0 Å². The molecule has 0 aliphatic heterocycles. The first-order valence-corrected chi connectivity index (χ1v) is 7.25. The Bertz CT molecular complexity index is 809. The standard InChI is InChI=1S/C18H18FNO4/c1-18(2,3)24-17(23)13-6-4-5-12(15(13)20)11-8-7-10(16(21)22)9-14(11)19/h4-9H,20H2,1-3H3,(H,21,22). The van der Waals surface area contributed by atoms with Crippen LogP contribution in [0.1, 0.15) is 41.5 Å². The van der Waals surface area contributed by atoms with Crippen LogP contribution >= 0.6 is 0 Å². The Morgan fingerprint density at radius 3 is 2.33 bits per heavy atom. The lowest BCUT2D eigenvalue weighted by Crippen LogP contribution is -2.24. The Kier molecular flexibility index (Phi) is 4.59. The number of para-hydroxylation sites is 1. The van der Waals surface area contributed by atoms with Gasteiger partial charge in [0.15, 0.2) is 0 Å². The molecule has 126 valence electrons. The average molecular weight is 331 g/mol. The Balaban J connectivity index is 2.48. The molecule has 0 bridgehead atoms. The zero-order valence-corrected chi connectivity index (χ0v) is 13.6. The van der Waals surface area contributed by atoms with E-state index < -0.39 is 23.4 Å². The fourth-order valence-electron chi connectivity index (χ4n) is 2.18. The van der Waals surface area contributed by atoms with E-state index >= 15 is 0 Å². The number of esters is 1. The van der Waals surface area contributed by atoms with Gasteiger partial charge in [-0.15, -0.1) is 0 Å². The fraction of sp³-hybridized carbons (Fsp3) is 0.222. The molecule has 0 spiro atoms. The smallest absolute Gasteiger partial charge is 0.340 e. The zero-order chi connectivity index (χ0) is 18.1. The van der Waals surface area contributed by atoms with E-state index in [1.807, 2.05) is 0 Å². The molecule has 5 nitrogen and oxygen atoms in total. The summed E-state index contributed by atoms with van der Waals surface area (Å²) < 4.78 is 19.5. The number of carbonyl (C=O) groups is 2. The number of carboxylic acids is 1. The van der Waals surface area contributed by atoms with Crippen LogP contribution in [0.2, 0.25) is 0 Å². The second-order valence-electron chi connectivity index (χ2n) is 6.27. The number of benzene rings is 2. The van der Waals surface area contributed by atoms with Crippen molar-refractivity contribution in [2.75, 3.05) is 5.73 Å². The molecule has 2 aromatic carbocycles. The van der Waals surface area contributed by atoms with Gasteiger partial charge in [-0.25, -0.2) is 14.0 Å². The summed E-state index contributed by atoms with van der Waals surface area (Å²) in [6.45, 7) is 5.19. The number of nitrogens with two attached hydrogens (primary N) is 1. The van der Waals surface area contributed by atoms with Crippen molar-refractivity contribution in [2.24, 2.45) is 0 Å². The molecular weight excluding hydrogens is 313 g/mol. The first kappa shape index (κ1) is 17.5. The molecule has 6 heteroatoms. The van der Waals surface area contributed by atoms with Crippen molar-refractivity contribution in [3.05, 3.63) is 53.3 Å². The molecule has 0 aromatic heterocycles. The number of hydrogen-bond donors (Lipinski definition) is 2. The molecule has 2 aromatic rings. The van der Waals surface area contributed by atoms with E-state index in [0.717, 1.165) is 6.07 Å². The van der Waals surface area contributed by atoms with Gasteiger partial charge in [-0.2, -0.15) is 0 Å². The third-order valence-corrected chi connectivity index (χ3v) is 3.23. The summed E-state index contributed by atoms with van der Waals surface area (Å²) in [5.41, 5.74) is 5.78. The number of aromatic carboxylic acids is 1. The largest absolute Gasteiger partial charge is 0.478 e. The van der Waals surface area contributed by atoms with Crippen molar-refractivity contribution >= 4 is 17.6 Å². The maximum absolute atomic E-state index is 14.2. The van der Waals surface area contributed by atoms with E-state index in [1.54, 1.807) is 32.9 Å². The van der Waals surface area contributed by atoms with E-state index in [2.05, 4.69) is 0 Å². The number of rotatable bonds is 3. The summed E-state index contributed by atoms with van der Waals surface area (Å²) in [7, 11) is 0. The molecule has 0 saturated carbocycles. The summed E-state index contributed by atoms with van der Waals surface area (Å²) in [5, 5.41) is 8.90. The third kappa shape index (κ3) is 3.71. The molecule has 0 aliphatic rings. The van der Waals surface area contributed by atoms with Crippen LogP contribution in [-0.2, 0) is 4.74 Å². The van der Waals surface area contributed by atoms with E-state index in [1.165, 1.54) is 18.2 Å². The fourth-order valence-corrected chi connectivity index (χ4v) is 2.18. The molecule has 3 N–H and O–H groups in total. The highest BCUT2D eigenvalue weighted by atomic mass is 19.1. The molecule has 0 atom stereocenters. The topological polar surface area (TPSA) is 89.6 Å². The highest BCUT2D eigenvalue weighted by Crippen LogP contribution is 2.32. The van der Waals surface area contributed by atoms with Gasteiger partial charge in [0.05, 0.1) is 16.8 Å². The average Bonchev–Trinajstić information content (AvgIpc) is 2.45. The lowest BCUT2D eigenvalue weighted by Gasteiger charge is -2.20. The second kappa shape index (κ2) is 6.31. The Labute approximate surface area is 138 Å². The summed E-state index contributed by atoms with van der Waals surface area (Å²) >= 11 is 0.